The van der Waals surface area contributed by atoms with Crippen LogP contribution in [-0.2, 0) is 9.53 Å². The number of rotatable bonds is 7. The molecule has 0 aliphatic rings. The van der Waals surface area contributed by atoms with Crippen LogP contribution in [0, 0.1) is 0 Å². The van der Waals surface area contributed by atoms with Crippen molar-refractivity contribution >= 4 is 29.5 Å². The Bertz CT molecular complexity index is 510. The monoisotopic (exact) mass is 312 g/mol. The van der Waals surface area contributed by atoms with Gasteiger partial charge in [0.2, 0.25) is 5.91 Å². The number of carbonyl (C=O) groups excluding carboxylic acids is 2. The Morgan fingerprint density at radius 3 is 2.76 bits per heavy atom. The van der Waals surface area contributed by atoms with Gasteiger partial charge >= 0.3 is 5.97 Å². The van der Waals surface area contributed by atoms with Crippen molar-refractivity contribution < 1.29 is 14.3 Å². The minimum Gasteiger partial charge on any atom is -0.462 e. The predicted octanol–water partition coefficient (Wildman–Crippen LogP) is 1.24. The number of anilines is 1. The Morgan fingerprint density at radius 1 is 1.48 bits per heavy atom. The van der Waals surface area contributed by atoms with Crippen molar-refractivity contribution in [3.63, 3.8) is 0 Å². The first kappa shape index (κ1) is 17.2. The molecular weight excluding hydrogens is 292 g/mol. The molecule has 1 amide bonds. The number of amides is 1. The lowest BCUT2D eigenvalue weighted by atomic mass is 10.3. The number of carbonyl (C=O) groups is 2. The number of aromatic nitrogens is 2. The smallest absolute Gasteiger partial charge is 0.343 e. The van der Waals surface area contributed by atoms with Crippen LogP contribution in [0.3, 0.4) is 0 Å². The van der Waals surface area contributed by atoms with Crippen LogP contribution in [0.2, 0.25) is 0 Å². The zero-order valence-corrected chi connectivity index (χ0v) is 13.2. The van der Waals surface area contributed by atoms with Gasteiger partial charge in [-0.25, -0.2) is 14.8 Å². The number of ether oxygens (including phenoxy) is 1. The second-order valence-corrected chi connectivity index (χ2v) is 5.53. The van der Waals surface area contributed by atoms with E-state index in [1.165, 1.54) is 18.0 Å². The molecule has 0 aliphatic heterocycles. The second-order valence-electron chi connectivity index (χ2n) is 4.22. The molecule has 21 heavy (non-hydrogen) atoms. The Morgan fingerprint density at radius 2 is 2.19 bits per heavy atom. The standard InChI is InChI=1S/C13H20N4O3S/c1-4-6-15-11(18)8(3)21-13-16-7-9(10(14)17-13)12(19)20-5-2/h7-8H,4-6H2,1-3H3,(H,15,18)(H2,14,16,17). The van der Waals surface area contributed by atoms with Crippen LogP contribution in [-0.4, -0.2) is 40.2 Å². The summed E-state index contributed by atoms with van der Waals surface area (Å²) in [6, 6.07) is 0. The number of nitrogens with two attached hydrogens (primary N) is 1. The third kappa shape index (κ3) is 5.22. The molecule has 1 heterocycles. The summed E-state index contributed by atoms with van der Waals surface area (Å²) in [6.07, 6.45) is 2.19. The molecule has 0 aliphatic carbocycles. The first-order valence-corrected chi connectivity index (χ1v) is 7.61. The van der Waals surface area contributed by atoms with E-state index in [0.717, 1.165) is 6.42 Å². The Balaban J connectivity index is 2.71. The molecule has 0 radical (unpaired) electrons. The van der Waals surface area contributed by atoms with Crippen molar-refractivity contribution in [1.82, 2.24) is 15.3 Å². The van der Waals surface area contributed by atoms with E-state index in [2.05, 4.69) is 15.3 Å². The molecule has 1 aromatic rings. The molecular formula is C13H20N4O3S. The largest absolute Gasteiger partial charge is 0.462 e. The third-order valence-corrected chi connectivity index (χ3v) is 3.47. The molecule has 0 spiro atoms. The molecule has 0 fully saturated rings. The summed E-state index contributed by atoms with van der Waals surface area (Å²) in [5, 5.41) is 2.80. The molecule has 1 atom stereocenters. The number of nitrogens with zero attached hydrogens (tertiary/aromatic N) is 2. The average molecular weight is 312 g/mol. The van der Waals surface area contributed by atoms with Crippen molar-refractivity contribution in [2.45, 2.75) is 37.6 Å². The summed E-state index contributed by atoms with van der Waals surface area (Å²) < 4.78 is 4.84. The fraction of sp³-hybridized carbons (Fsp3) is 0.538. The maximum atomic E-state index is 11.8. The Kier molecular flexibility index (Phi) is 6.93. The molecule has 0 bridgehead atoms. The molecule has 0 aromatic carbocycles. The number of nitrogen functional groups attached to an aromatic ring is 1. The highest BCUT2D eigenvalue weighted by atomic mass is 32.2. The SMILES string of the molecule is CCCNC(=O)C(C)Sc1ncc(C(=O)OCC)c(N)n1. The zero-order valence-electron chi connectivity index (χ0n) is 12.4. The van der Waals surface area contributed by atoms with Crippen molar-refractivity contribution in [2.75, 3.05) is 18.9 Å². The van der Waals surface area contributed by atoms with E-state index in [1.54, 1.807) is 13.8 Å². The minimum absolute atomic E-state index is 0.0483. The normalized spacial score (nSPS) is 11.8. The molecule has 3 N–H and O–H groups in total. The number of hydrogen-bond donors (Lipinski definition) is 2. The van der Waals surface area contributed by atoms with Gasteiger partial charge in [-0.05, 0) is 20.3 Å². The maximum Gasteiger partial charge on any atom is 0.343 e. The van der Waals surface area contributed by atoms with Gasteiger partial charge in [0.15, 0.2) is 5.16 Å². The first-order valence-electron chi connectivity index (χ1n) is 6.73. The molecule has 0 saturated heterocycles. The fourth-order valence-corrected chi connectivity index (χ4v) is 2.18. The zero-order chi connectivity index (χ0) is 15.8. The van der Waals surface area contributed by atoms with E-state index in [4.69, 9.17) is 10.5 Å². The minimum atomic E-state index is -0.555. The van der Waals surface area contributed by atoms with Gasteiger partial charge in [-0.1, -0.05) is 18.7 Å². The van der Waals surface area contributed by atoms with Crippen LogP contribution in [0.5, 0.6) is 0 Å². The molecule has 7 nitrogen and oxygen atoms in total. The summed E-state index contributed by atoms with van der Waals surface area (Å²) >= 11 is 1.18. The summed E-state index contributed by atoms with van der Waals surface area (Å²) in [5.74, 6) is -0.592. The predicted molar refractivity (Wildman–Crippen MR) is 81.0 cm³/mol. The van der Waals surface area contributed by atoms with Gasteiger partial charge in [-0.15, -0.1) is 0 Å². The second kappa shape index (κ2) is 8.46. The van der Waals surface area contributed by atoms with Gasteiger partial charge in [0.05, 0.1) is 11.9 Å². The first-order chi connectivity index (χ1) is 9.99. The number of esters is 1. The van der Waals surface area contributed by atoms with Crippen LogP contribution < -0.4 is 11.1 Å². The molecule has 1 rings (SSSR count). The summed E-state index contributed by atoms with van der Waals surface area (Å²) in [6.45, 7) is 6.33. The highest BCUT2D eigenvalue weighted by Crippen LogP contribution is 2.21. The van der Waals surface area contributed by atoms with Crippen LogP contribution in [0.4, 0.5) is 5.82 Å². The van der Waals surface area contributed by atoms with Crippen molar-refractivity contribution in [1.29, 1.82) is 0 Å². The molecule has 1 unspecified atom stereocenters. The van der Waals surface area contributed by atoms with Crippen molar-refractivity contribution in [2.24, 2.45) is 0 Å². The molecule has 116 valence electrons. The highest BCUT2D eigenvalue weighted by Gasteiger charge is 2.18. The quantitative estimate of drug-likeness (QED) is 0.443. The summed E-state index contributed by atoms with van der Waals surface area (Å²) in [5.41, 5.74) is 5.85. The van der Waals surface area contributed by atoms with Gasteiger partial charge in [0, 0.05) is 12.7 Å². The van der Waals surface area contributed by atoms with Gasteiger partial charge in [0.1, 0.15) is 11.4 Å². The highest BCUT2D eigenvalue weighted by molar-refractivity contribution is 8.00. The lowest BCUT2D eigenvalue weighted by molar-refractivity contribution is -0.120. The average Bonchev–Trinajstić information content (AvgIpc) is 2.44. The number of hydrogen-bond acceptors (Lipinski definition) is 7. The van der Waals surface area contributed by atoms with Gasteiger partial charge < -0.3 is 15.8 Å². The lowest BCUT2D eigenvalue weighted by Crippen LogP contribution is -2.31. The van der Waals surface area contributed by atoms with Gasteiger partial charge in [-0.2, -0.15) is 0 Å². The van der Waals surface area contributed by atoms with E-state index in [0.29, 0.717) is 11.7 Å². The Hall–Kier alpha value is -1.83. The fourth-order valence-electron chi connectivity index (χ4n) is 1.40. The topological polar surface area (TPSA) is 107 Å². The van der Waals surface area contributed by atoms with Gasteiger partial charge in [-0.3, -0.25) is 4.79 Å². The number of thioether (sulfide) groups is 1. The van der Waals surface area contributed by atoms with Crippen LogP contribution >= 0.6 is 11.8 Å². The van der Waals surface area contributed by atoms with E-state index < -0.39 is 5.97 Å². The van der Waals surface area contributed by atoms with E-state index >= 15 is 0 Å². The third-order valence-electron chi connectivity index (χ3n) is 2.49. The summed E-state index contributed by atoms with van der Waals surface area (Å²) in [7, 11) is 0. The Labute approximate surface area is 128 Å². The van der Waals surface area contributed by atoms with Crippen LogP contribution in [0.25, 0.3) is 0 Å². The van der Waals surface area contributed by atoms with Crippen LogP contribution in [0.15, 0.2) is 11.4 Å². The lowest BCUT2D eigenvalue weighted by Gasteiger charge is -2.11. The van der Waals surface area contributed by atoms with Crippen LogP contribution in [0.1, 0.15) is 37.6 Å². The molecule has 0 saturated carbocycles. The van der Waals surface area contributed by atoms with Gasteiger partial charge in [0.25, 0.3) is 0 Å². The van der Waals surface area contributed by atoms with Crippen molar-refractivity contribution in [3.8, 4) is 0 Å². The van der Waals surface area contributed by atoms with E-state index in [1.807, 2.05) is 6.92 Å². The molecule has 1 aromatic heterocycles. The summed E-state index contributed by atoms with van der Waals surface area (Å²) in [4.78, 5) is 31.4. The van der Waals surface area contributed by atoms with E-state index in [-0.39, 0.29) is 29.1 Å². The number of nitrogens with one attached hydrogen (secondary N) is 1. The van der Waals surface area contributed by atoms with E-state index in [9.17, 15) is 9.59 Å². The van der Waals surface area contributed by atoms with Crippen molar-refractivity contribution in [3.05, 3.63) is 11.8 Å². The maximum absolute atomic E-state index is 11.8. The molecule has 8 heteroatoms.